The van der Waals surface area contributed by atoms with E-state index < -0.39 is 27.3 Å². The molecule has 1 N–H and O–H groups in total. The number of fused-ring (bicyclic) bond motifs is 1. The van der Waals surface area contributed by atoms with E-state index in [1.165, 1.54) is 22.9 Å². The van der Waals surface area contributed by atoms with Crippen LogP contribution < -0.4 is 4.72 Å². The number of aromatic nitrogens is 4. The van der Waals surface area contributed by atoms with E-state index in [4.69, 9.17) is 0 Å². The second kappa shape index (κ2) is 8.44. The van der Waals surface area contributed by atoms with Crippen LogP contribution in [0.4, 0.5) is 13.2 Å². The van der Waals surface area contributed by atoms with Crippen molar-refractivity contribution in [3.05, 3.63) is 66.1 Å². The smallest absolute Gasteiger partial charge is 0.275 e. The lowest BCUT2D eigenvalue weighted by Crippen LogP contribution is -2.40. The lowest BCUT2D eigenvalue weighted by Gasteiger charge is -2.20. The first-order valence-electron chi connectivity index (χ1n) is 10.3. The third kappa shape index (κ3) is 4.73. The molecule has 0 aliphatic heterocycles. The summed E-state index contributed by atoms with van der Waals surface area (Å²) in [7, 11) is -3.88. The number of hydrogen-bond donors (Lipinski definition) is 1. The van der Waals surface area contributed by atoms with Gasteiger partial charge in [0.05, 0.1) is 22.5 Å². The van der Waals surface area contributed by atoms with Gasteiger partial charge < -0.3 is 0 Å². The molecule has 0 radical (unpaired) electrons. The monoisotopic (exact) mass is 500 g/mol. The van der Waals surface area contributed by atoms with Crippen molar-refractivity contribution in [1.82, 2.24) is 24.2 Å². The Hall–Kier alpha value is -3.82. The molecule has 0 fully saturated rings. The van der Waals surface area contributed by atoms with Crippen molar-refractivity contribution >= 4 is 21.1 Å². The van der Waals surface area contributed by atoms with Gasteiger partial charge in [0.1, 0.15) is 22.4 Å². The van der Waals surface area contributed by atoms with Crippen molar-refractivity contribution < 1.29 is 21.6 Å². The molecule has 4 aromatic rings. The zero-order valence-corrected chi connectivity index (χ0v) is 19.6. The molecule has 0 atom stereocenters. The summed E-state index contributed by atoms with van der Waals surface area (Å²) in [4.78, 5) is 12.4. The van der Waals surface area contributed by atoms with E-state index in [2.05, 4.69) is 19.7 Å². The van der Waals surface area contributed by atoms with Gasteiger partial charge in [0.25, 0.3) is 0 Å². The van der Waals surface area contributed by atoms with Crippen LogP contribution in [0.3, 0.4) is 0 Å². The van der Waals surface area contributed by atoms with Gasteiger partial charge in [-0.15, -0.1) is 0 Å². The minimum atomic E-state index is -4.66. The van der Waals surface area contributed by atoms with Crippen molar-refractivity contribution in [2.75, 3.05) is 0 Å². The Kier molecular flexibility index (Phi) is 5.86. The molecule has 0 bridgehead atoms. The van der Waals surface area contributed by atoms with E-state index in [0.29, 0.717) is 12.0 Å². The average Bonchev–Trinajstić information content (AvgIpc) is 3.11. The summed E-state index contributed by atoms with van der Waals surface area (Å²) >= 11 is 0. The second-order valence-corrected chi connectivity index (χ2v) is 10.4. The number of halogens is 3. The Morgan fingerprint density at radius 1 is 1.03 bits per heavy atom. The number of hydrogen-bond acceptors (Lipinski definition) is 6. The fraction of sp³-hybridized carbons (Fsp3) is 0.217. The molecule has 0 aliphatic rings. The van der Waals surface area contributed by atoms with Gasteiger partial charge >= 0.3 is 6.18 Å². The molecule has 0 saturated carbocycles. The predicted molar refractivity (Wildman–Crippen MR) is 122 cm³/mol. The Bertz CT molecular complexity index is 1550. The molecule has 0 aliphatic carbocycles. The van der Waals surface area contributed by atoms with Gasteiger partial charge in [-0.3, -0.25) is 9.55 Å². The van der Waals surface area contributed by atoms with Gasteiger partial charge in [0, 0.05) is 29.5 Å². The molecule has 4 rings (SSSR count). The second-order valence-electron chi connectivity index (χ2n) is 8.69. The van der Waals surface area contributed by atoms with E-state index in [1.807, 2.05) is 6.07 Å². The number of alkyl halides is 3. The summed E-state index contributed by atoms with van der Waals surface area (Å²) in [5, 5.41) is 9.89. The number of nitriles is 1. The van der Waals surface area contributed by atoms with Gasteiger partial charge in [0.2, 0.25) is 10.0 Å². The highest BCUT2D eigenvalue weighted by atomic mass is 32.2. The van der Waals surface area contributed by atoms with Crippen molar-refractivity contribution in [1.29, 1.82) is 5.26 Å². The summed E-state index contributed by atoms with van der Waals surface area (Å²) in [5.74, 6) is 0.300. The first-order valence-corrected chi connectivity index (χ1v) is 11.7. The largest absolute Gasteiger partial charge is 0.417 e. The Balaban J connectivity index is 1.97. The van der Waals surface area contributed by atoms with Gasteiger partial charge in [-0.1, -0.05) is 6.07 Å². The quantitative estimate of drug-likeness (QED) is 0.443. The number of pyridine rings is 3. The Morgan fingerprint density at radius 3 is 2.31 bits per heavy atom. The Morgan fingerprint density at radius 2 is 1.77 bits per heavy atom. The fourth-order valence-corrected chi connectivity index (χ4v) is 4.89. The molecule has 0 spiro atoms. The normalized spacial score (nSPS) is 12.6. The van der Waals surface area contributed by atoms with Crippen LogP contribution in [-0.4, -0.2) is 33.5 Å². The molecule has 12 heteroatoms. The van der Waals surface area contributed by atoms with Crippen LogP contribution in [0.5, 0.6) is 0 Å². The van der Waals surface area contributed by atoms with Gasteiger partial charge in [0.15, 0.2) is 0 Å². The molecule has 180 valence electrons. The third-order valence-electron chi connectivity index (χ3n) is 4.86. The van der Waals surface area contributed by atoms with E-state index in [1.54, 1.807) is 39.0 Å². The van der Waals surface area contributed by atoms with Crippen LogP contribution in [0.1, 0.15) is 31.9 Å². The summed E-state index contributed by atoms with van der Waals surface area (Å²) in [6.45, 7) is 5.08. The first kappa shape index (κ1) is 24.3. The molecule has 0 saturated heterocycles. The van der Waals surface area contributed by atoms with Crippen LogP contribution in [0.15, 0.2) is 59.9 Å². The van der Waals surface area contributed by atoms with Crippen LogP contribution >= 0.6 is 0 Å². The predicted octanol–water partition coefficient (Wildman–Crippen LogP) is 4.45. The molecule has 4 aromatic heterocycles. The van der Waals surface area contributed by atoms with Crippen LogP contribution in [-0.2, 0) is 16.2 Å². The average molecular weight is 501 g/mol. The summed E-state index contributed by atoms with van der Waals surface area (Å²) in [6, 6.07) is 10.5. The Labute approximate surface area is 199 Å². The highest BCUT2D eigenvalue weighted by molar-refractivity contribution is 7.89. The summed E-state index contributed by atoms with van der Waals surface area (Å²) < 4.78 is 69.3. The number of sulfonamides is 1. The lowest BCUT2D eigenvalue weighted by atomic mass is 10.1. The van der Waals surface area contributed by atoms with Crippen molar-refractivity contribution in [2.24, 2.45) is 0 Å². The van der Waals surface area contributed by atoms with E-state index in [-0.39, 0.29) is 32.9 Å². The van der Waals surface area contributed by atoms with Crippen LogP contribution in [0.2, 0.25) is 0 Å². The lowest BCUT2D eigenvalue weighted by molar-refractivity contribution is -0.137. The molecule has 0 unspecified atom stereocenters. The van der Waals surface area contributed by atoms with E-state index in [9.17, 15) is 26.9 Å². The molecule has 4 heterocycles. The minimum absolute atomic E-state index is 0.0316. The molecular weight excluding hydrogens is 481 g/mol. The van der Waals surface area contributed by atoms with Gasteiger partial charge in [-0.25, -0.2) is 23.1 Å². The maximum absolute atomic E-state index is 13.4. The molecule has 35 heavy (non-hydrogen) atoms. The van der Waals surface area contributed by atoms with Crippen LogP contribution in [0, 0.1) is 11.3 Å². The number of nitrogens with one attached hydrogen (secondary N) is 1. The highest BCUT2D eigenvalue weighted by Gasteiger charge is 2.33. The topological polar surface area (TPSA) is 114 Å². The van der Waals surface area contributed by atoms with Crippen molar-refractivity contribution in [3.63, 3.8) is 0 Å². The standard InChI is InChI=1S/C23H19F3N6O2S/c1-22(2,3)31-35(33,34)15-7-8-18(29-13-15)20-17(11-27)16-10-14(23(24,25)26)12-30-21(16)32(20)19-6-4-5-9-28-19/h4-10,12-13,31H,1-3H3. The van der Waals surface area contributed by atoms with Gasteiger partial charge in [-0.05, 0) is 51.1 Å². The van der Waals surface area contributed by atoms with Crippen molar-refractivity contribution in [2.45, 2.75) is 37.4 Å². The molecule has 0 aromatic carbocycles. The zero-order chi connectivity index (χ0) is 25.6. The maximum atomic E-state index is 13.4. The maximum Gasteiger partial charge on any atom is 0.417 e. The van der Waals surface area contributed by atoms with Crippen molar-refractivity contribution in [3.8, 4) is 23.3 Å². The minimum Gasteiger partial charge on any atom is -0.275 e. The SMILES string of the molecule is CC(C)(C)NS(=O)(=O)c1ccc(-c2c(C#N)c3cc(C(F)(F)F)cnc3n2-c2ccccn2)nc1. The van der Waals surface area contributed by atoms with Gasteiger partial charge in [-0.2, -0.15) is 18.4 Å². The highest BCUT2D eigenvalue weighted by Crippen LogP contribution is 2.37. The molecule has 0 amide bonds. The first-order chi connectivity index (χ1) is 16.3. The molecule has 8 nitrogen and oxygen atoms in total. The summed E-state index contributed by atoms with van der Waals surface area (Å²) in [5.41, 5.74) is -1.45. The van der Waals surface area contributed by atoms with E-state index >= 15 is 0 Å². The number of rotatable bonds is 4. The number of nitrogens with zero attached hydrogens (tertiary/aromatic N) is 5. The third-order valence-corrected chi connectivity index (χ3v) is 6.60. The van der Waals surface area contributed by atoms with E-state index in [0.717, 1.165) is 12.3 Å². The molecular formula is C23H19F3N6O2S. The van der Waals surface area contributed by atoms with Crippen LogP contribution in [0.25, 0.3) is 28.2 Å². The zero-order valence-electron chi connectivity index (χ0n) is 18.8. The fourth-order valence-electron chi connectivity index (χ4n) is 3.53. The summed E-state index contributed by atoms with van der Waals surface area (Å²) in [6.07, 6.45) is -1.36.